The Hall–Kier alpha value is -2.30. The molecule has 2 rings (SSSR count). The van der Waals surface area contributed by atoms with Crippen molar-refractivity contribution in [3.63, 3.8) is 0 Å². The summed E-state index contributed by atoms with van der Waals surface area (Å²) in [6.07, 6.45) is 3.49. The summed E-state index contributed by atoms with van der Waals surface area (Å²) in [7, 11) is 0. The van der Waals surface area contributed by atoms with E-state index < -0.39 is 6.10 Å². The lowest BCUT2D eigenvalue weighted by Crippen LogP contribution is -2.44. The quantitative estimate of drug-likeness (QED) is 0.821. The monoisotopic (exact) mass is 302 g/mol. The van der Waals surface area contributed by atoms with Gasteiger partial charge < -0.3 is 15.0 Å². The highest BCUT2D eigenvalue weighted by Crippen LogP contribution is 2.36. The van der Waals surface area contributed by atoms with Gasteiger partial charge in [0.05, 0.1) is 5.69 Å². The topological polar surface area (TPSA) is 58.6 Å². The third kappa shape index (κ3) is 3.47. The van der Waals surface area contributed by atoms with Crippen molar-refractivity contribution in [1.82, 2.24) is 0 Å². The molecule has 1 heterocycles. The lowest BCUT2D eigenvalue weighted by molar-refractivity contribution is -0.125. The van der Waals surface area contributed by atoms with Gasteiger partial charge in [-0.25, -0.2) is 0 Å². The molecule has 22 heavy (non-hydrogen) atoms. The molecule has 1 unspecified atom stereocenters. The maximum atomic E-state index is 12.1. The molecule has 0 aromatic heterocycles. The van der Waals surface area contributed by atoms with E-state index in [0.717, 1.165) is 12.8 Å². The maximum Gasteiger partial charge on any atom is 0.268 e. The van der Waals surface area contributed by atoms with Gasteiger partial charge in [0.15, 0.2) is 6.10 Å². The number of benzene rings is 1. The van der Waals surface area contributed by atoms with Gasteiger partial charge in [-0.3, -0.25) is 9.59 Å². The minimum Gasteiger partial charge on any atom is -0.479 e. The standard InChI is InChI=1S/C17H22N2O3/c1-4-6-7-16(20)18-13-8-9-14-15(11-13)22-12(3)17(21)19(14)10-5-2/h5,8-9,11-12H,2,4,6-7,10H2,1,3H3,(H,18,20). The zero-order valence-electron chi connectivity index (χ0n) is 13.1. The van der Waals surface area contributed by atoms with Gasteiger partial charge in [-0.05, 0) is 25.5 Å². The number of nitrogens with zero attached hydrogens (tertiary/aromatic N) is 1. The van der Waals surface area contributed by atoms with E-state index >= 15 is 0 Å². The van der Waals surface area contributed by atoms with Gasteiger partial charge >= 0.3 is 0 Å². The first-order valence-corrected chi connectivity index (χ1v) is 7.59. The Kier molecular flexibility index (Phi) is 5.20. The average Bonchev–Trinajstić information content (AvgIpc) is 2.49. The SMILES string of the molecule is C=CCN1C(=O)C(C)Oc2cc(NC(=O)CCCC)ccc21. The number of amides is 2. The van der Waals surface area contributed by atoms with Crippen molar-refractivity contribution in [2.45, 2.75) is 39.2 Å². The number of carbonyl (C=O) groups is 2. The van der Waals surface area contributed by atoms with E-state index in [4.69, 9.17) is 4.74 Å². The summed E-state index contributed by atoms with van der Waals surface area (Å²) in [6, 6.07) is 5.33. The Morgan fingerprint density at radius 2 is 2.27 bits per heavy atom. The number of rotatable bonds is 6. The maximum absolute atomic E-state index is 12.1. The second-order valence-electron chi connectivity index (χ2n) is 5.33. The number of ether oxygens (including phenoxy) is 1. The fourth-order valence-electron chi connectivity index (χ4n) is 2.37. The highest BCUT2D eigenvalue weighted by Gasteiger charge is 2.30. The predicted octanol–water partition coefficient (Wildman–Crippen LogP) is 3.12. The molecule has 1 aromatic rings. The van der Waals surface area contributed by atoms with E-state index in [1.54, 1.807) is 36.1 Å². The van der Waals surface area contributed by atoms with Crippen molar-refractivity contribution in [3.8, 4) is 5.75 Å². The van der Waals surface area contributed by atoms with E-state index in [1.165, 1.54) is 0 Å². The van der Waals surface area contributed by atoms with Crippen LogP contribution in [0.15, 0.2) is 30.9 Å². The van der Waals surface area contributed by atoms with Crippen LogP contribution in [0.3, 0.4) is 0 Å². The molecule has 1 aliphatic rings. The average molecular weight is 302 g/mol. The van der Waals surface area contributed by atoms with Crippen LogP contribution in [0.4, 0.5) is 11.4 Å². The second kappa shape index (κ2) is 7.11. The van der Waals surface area contributed by atoms with Crippen molar-refractivity contribution < 1.29 is 14.3 Å². The first kappa shape index (κ1) is 16.1. The zero-order chi connectivity index (χ0) is 16.1. The summed E-state index contributed by atoms with van der Waals surface area (Å²) >= 11 is 0. The Balaban J connectivity index is 2.20. The van der Waals surface area contributed by atoms with E-state index in [1.807, 2.05) is 6.92 Å². The lowest BCUT2D eigenvalue weighted by atomic mass is 10.1. The molecule has 1 aliphatic heterocycles. The molecule has 0 saturated heterocycles. The molecule has 1 N–H and O–H groups in total. The van der Waals surface area contributed by atoms with Gasteiger partial charge in [-0.1, -0.05) is 19.4 Å². The molecular weight excluding hydrogens is 280 g/mol. The van der Waals surface area contributed by atoms with Crippen LogP contribution in [0.1, 0.15) is 33.1 Å². The number of unbranched alkanes of at least 4 members (excludes halogenated alkanes) is 1. The van der Waals surface area contributed by atoms with E-state index in [2.05, 4.69) is 11.9 Å². The number of hydrogen-bond acceptors (Lipinski definition) is 3. The van der Waals surface area contributed by atoms with E-state index in [-0.39, 0.29) is 11.8 Å². The second-order valence-corrected chi connectivity index (χ2v) is 5.33. The van der Waals surface area contributed by atoms with Crippen LogP contribution in [0.5, 0.6) is 5.75 Å². The largest absolute Gasteiger partial charge is 0.479 e. The van der Waals surface area contributed by atoms with Crippen LogP contribution < -0.4 is 15.0 Å². The molecule has 5 nitrogen and oxygen atoms in total. The Bertz CT molecular complexity index is 583. The summed E-state index contributed by atoms with van der Waals surface area (Å²) in [5, 5.41) is 2.86. The Labute approximate surface area is 130 Å². The number of nitrogens with one attached hydrogen (secondary N) is 1. The first-order valence-electron chi connectivity index (χ1n) is 7.59. The molecule has 0 saturated carbocycles. The molecule has 1 atom stereocenters. The van der Waals surface area contributed by atoms with E-state index in [9.17, 15) is 9.59 Å². The molecule has 0 radical (unpaired) electrons. The molecule has 5 heteroatoms. The predicted molar refractivity (Wildman–Crippen MR) is 87.2 cm³/mol. The minimum atomic E-state index is -0.543. The molecule has 0 spiro atoms. The summed E-state index contributed by atoms with van der Waals surface area (Å²) in [6.45, 7) is 7.88. The summed E-state index contributed by atoms with van der Waals surface area (Å²) in [5.74, 6) is 0.499. The summed E-state index contributed by atoms with van der Waals surface area (Å²) < 4.78 is 5.65. The van der Waals surface area contributed by atoms with Crippen molar-refractivity contribution >= 4 is 23.2 Å². The molecular formula is C17H22N2O3. The van der Waals surface area contributed by atoms with Crippen molar-refractivity contribution in [2.24, 2.45) is 0 Å². The van der Waals surface area contributed by atoms with Gasteiger partial charge in [0.2, 0.25) is 5.91 Å². The highest BCUT2D eigenvalue weighted by molar-refractivity contribution is 6.01. The highest BCUT2D eigenvalue weighted by atomic mass is 16.5. The van der Waals surface area contributed by atoms with Crippen molar-refractivity contribution in [2.75, 3.05) is 16.8 Å². The smallest absolute Gasteiger partial charge is 0.268 e. The van der Waals surface area contributed by atoms with Crippen LogP contribution in [0.2, 0.25) is 0 Å². The number of fused-ring (bicyclic) bond motifs is 1. The molecule has 0 fully saturated rings. The van der Waals surface area contributed by atoms with Crippen LogP contribution in [-0.2, 0) is 9.59 Å². The first-order chi connectivity index (χ1) is 10.6. The van der Waals surface area contributed by atoms with Crippen molar-refractivity contribution in [3.05, 3.63) is 30.9 Å². The van der Waals surface area contributed by atoms with Gasteiger partial charge in [0.25, 0.3) is 5.91 Å². The van der Waals surface area contributed by atoms with E-state index in [0.29, 0.717) is 30.1 Å². The van der Waals surface area contributed by atoms with Crippen LogP contribution in [0, 0.1) is 0 Å². The number of hydrogen-bond donors (Lipinski definition) is 1. The molecule has 0 aliphatic carbocycles. The fourth-order valence-corrected chi connectivity index (χ4v) is 2.37. The van der Waals surface area contributed by atoms with Crippen LogP contribution in [-0.4, -0.2) is 24.5 Å². The zero-order valence-corrected chi connectivity index (χ0v) is 13.1. The fraction of sp³-hybridized carbons (Fsp3) is 0.412. The minimum absolute atomic E-state index is 0.00955. The molecule has 2 amide bonds. The van der Waals surface area contributed by atoms with Crippen LogP contribution in [0.25, 0.3) is 0 Å². The molecule has 118 valence electrons. The summed E-state index contributed by atoms with van der Waals surface area (Å²) in [4.78, 5) is 25.6. The van der Waals surface area contributed by atoms with Crippen molar-refractivity contribution in [1.29, 1.82) is 0 Å². The van der Waals surface area contributed by atoms with Gasteiger partial charge in [0.1, 0.15) is 5.75 Å². The lowest BCUT2D eigenvalue weighted by Gasteiger charge is -2.32. The third-order valence-corrected chi connectivity index (χ3v) is 3.52. The van der Waals surface area contributed by atoms with Gasteiger partial charge in [0, 0.05) is 24.7 Å². The molecule has 0 bridgehead atoms. The third-order valence-electron chi connectivity index (χ3n) is 3.52. The molecule has 1 aromatic carbocycles. The number of carbonyl (C=O) groups excluding carboxylic acids is 2. The van der Waals surface area contributed by atoms with Gasteiger partial charge in [-0.2, -0.15) is 0 Å². The Morgan fingerprint density at radius 1 is 1.50 bits per heavy atom. The normalized spacial score (nSPS) is 16.7. The van der Waals surface area contributed by atoms with Crippen LogP contribution >= 0.6 is 0 Å². The summed E-state index contributed by atoms with van der Waals surface area (Å²) in [5.41, 5.74) is 1.38. The Morgan fingerprint density at radius 3 is 2.95 bits per heavy atom. The van der Waals surface area contributed by atoms with Gasteiger partial charge in [-0.15, -0.1) is 6.58 Å². The number of anilines is 2.